The van der Waals surface area contributed by atoms with E-state index in [2.05, 4.69) is 5.32 Å². The van der Waals surface area contributed by atoms with E-state index >= 15 is 0 Å². The van der Waals surface area contributed by atoms with Crippen molar-refractivity contribution in [2.24, 2.45) is 0 Å². The molecular weight excluding hydrogens is 288 g/mol. The van der Waals surface area contributed by atoms with Crippen LogP contribution in [0.1, 0.15) is 21.5 Å². The molecule has 0 bridgehead atoms. The predicted octanol–water partition coefficient (Wildman–Crippen LogP) is 0.727. The van der Waals surface area contributed by atoms with Crippen LogP contribution in [-0.4, -0.2) is 38.8 Å². The van der Waals surface area contributed by atoms with E-state index in [0.717, 1.165) is 36.9 Å². The molecule has 0 aliphatic carbocycles. The average Bonchev–Trinajstić information content (AvgIpc) is 3.22. The molecule has 1 fully saturated rings. The minimum Gasteiger partial charge on any atom is -0.463 e. The zero-order valence-corrected chi connectivity index (χ0v) is 12.5. The van der Waals surface area contributed by atoms with Gasteiger partial charge in [-0.05, 0) is 23.6 Å². The number of ether oxygens (including phenoxy) is 1. The van der Waals surface area contributed by atoms with Gasteiger partial charge in [-0.25, -0.2) is 0 Å². The Morgan fingerprint density at radius 3 is 2.86 bits per heavy atom. The standard InChI is InChI=1S/C15H18N2O3S/c18-15(14-4-2-10-21-14)16-11-12(13-3-1-7-20-13)17-5-8-19-9-6-17/h1-4,7,10,12H,5-6,8-9,11H2,(H,16,18)/p+1/t12-/m1/s1. The average molecular weight is 307 g/mol. The van der Waals surface area contributed by atoms with E-state index < -0.39 is 0 Å². The number of thiophene rings is 1. The first-order valence-corrected chi connectivity index (χ1v) is 8.00. The summed E-state index contributed by atoms with van der Waals surface area (Å²) in [6.07, 6.45) is 1.68. The molecule has 2 aromatic rings. The number of carbonyl (C=O) groups is 1. The maximum atomic E-state index is 12.1. The van der Waals surface area contributed by atoms with E-state index in [0.29, 0.717) is 6.54 Å². The highest BCUT2D eigenvalue weighted by Crippen LogP contribution is 2.12. The summed E-state index contributed by atoms with van der Waals surface area (Å²) >= 11 is 1.45. The van der Waals surface area contributed by atoms with Crippen molar-refractivity contribution in [1.29, 1.82) is 0 Å². The van der Waals surface area contributed by atoms with Gasteiger partial charge in [-0.2, -0.15) is 0 Å². The Morgan fingerprint density at radius 2 is 2.19 bits per heavy atom. The number of carbonyl (C=O) groups excluding carboxylic acids is 1. The van der Waals surface area contributed by atoms with Gasteiger partial charge < -0.3 is 19.4 Å². The van der Waals surface area contributed by atoms with Crippen molar-refractivity contribution in [2.75, 3.05) is 32.8 Å². The summed E-state index contributed by atoms with van der Waals surface area (Å²) in [6, 6.07) is 7.72. The molecule has 3 rings (SSSR count). The summed E-state index contributed by atoms with van der Waals surface area (Å²) in [5.74, 6) is 0.896. The summed E-state index contributed by atoms with van der Waals surface area (Å²) in [5, 5.41) is 4.93. The Labute approximate surface area is 127 Å². The van der Waals surface area contributed by atoms with Crippen molar-refractivity contribution in [3.05, 3.63) is 46.5 Å². The van der Waals surface area contributed by atoms with Gasteiger partial charge in [0, 0.05) is 0 Å². The quantitative estimate of drug-likeness (QED) is 0.856. The van der Waals surface area contributed by atoms with Gasteiger partial charge in [-0.15, -0.1) is 11.3 Å². The molecule has 1 aliphatic heterocycles. The normalized spacial score (nSPS) is 17.5. The van der Waals surface area contributed by atoms with Crippen LogP contribution in [0.5, 0.6) is 0 Å². The summed E-state index contributed by atoms with van der Waals surface area (Å²) in [5.41, 5.74) is 0. The molecule has 0 saturated carbocycles. The molecule has 5 nitrogen and oxygen atoms in total. The number of quaternary nitrogens is 1. The van der Waals surface area contributed by atoms with Crippen LogP contribution in [0, 0.1) is 0 Å². The van der Waals surface area contributed by atoms with Gasteiger partial charge >= 0.3 is 0 Å². The number of hydrogen-bond acceptors (Lipinski definition) is 4. The molecule has 0 unspecified atom stereocenters. The Bertz CT molecular complexity index is 548. The predicted molar refractivity (Wildman–Crippen MR) is 79.6 cm³/mol. The zero-order chi connectivity index (χ0) is 14.5. The van der Waals surface area contributed by atoms with Crippen LogP contribution in [0.25, 0.3) is 0 Å². The largest absolute Gasteiger partial charge is 0.463 e. The molecule has 1 saturated heterocycles. The minimum atomic E-state index is -0.0192. The Kier molecular flexibility index (Phi) is 4.69. The van der Waals surface area contributed by atoms with Gasteiger partial charge in [0.2, 0.25) is 0 Å². The third-order valence-corrected chi connectivity index (χ3v) is 4.59. The maximum Gasteiger partial charge on any atom is 0.261 e. The fourth-order valence-corrected chi connectivity index (χ4v) is 3.25. The first-order valence-electron chi connectivity index (χ1n) is 7.12. The fourth-order valence-electron chi connectivity index (χ4n) is 2.61. The lowest BCUT2D eigenvalue weighted by Crippen LogP contribution is -3.15. The SMILES string of the molecule is O=C(NC[C@H](c1ccco1)[NH+]1CCOCC1)c1cccs1. The molecule has 3 heterocycles. The first-order chi connectivity index (χ1) is 10.3. The lowest BCUT2D eigenvalue weighted by atomic mass is 10.1. The fraction of sp³-hybridized carbons (Fsp3) is 0.400. The van der Waals surface area contributed by atoms with E-state index in [-0.39, 0.29) is 11.9 Å². The number of morpholine rings is 1. The Morgan fingerprint density at radius 1 is 1.33 bits per heavy atom. The van der Waals surface area contributed by atoms with E-state index in [9.17, 15) is 4.79 Å². The van der Waals surface area contributed by atoms with Crippen LogP contribution in [0.3, 0.4) is 0 Å². The summed E-state index contributed by atoms with van der Waals surface area (Å²) in [7, 11) is 0. The van der Waals surface area contributed by atoms with Crippen LogP contribution in [0.15, 0.2) is 40.3 Å². The van der Waals surface area contributed by atoms with Crippen molar-refractivity contribution in [3.8, 4) is 0 Å². The van der Waals surface area contributed by atoms with Gasteiger partial charge in [0.25, 0.3) is 5.91 Å². The molecule has 21 heavy (non-hydrogen) atoms. The highest BCUT2D eigenvalue weighted by molar-refractivity contribution is 7.12. The van der Waals surface area contributed by atoms with E-state index in [1.54, 1.807) is 6.26 Å². The zero-order valence-electron chi connectivity index (χ0n) is 11.7. The number of hydrogen-bond donors (Lipinski definition) is 2. The summed E-state index contributed by atoms with van der Waals surface area (Å²) in [4.78, 5) is 14.2. The first kappa shape index (κ1) is 14.3. The van der Waals surface area contributed by atoms with Gasteiger partial charge in [-0.1, -0.05) is 6.07 Å². The molecule has 6 heteroatoms. The van der Waals surface area contributed by atoms with Gasteiger partial charge in [0.05, 0.1) is 30.9 Å². The number of rotatable bonds is 5. The van der Waals surface area contributed by atoms with Crippen molar-refractivity contribution in [3.63, 3.8) is 0 Å². The number of nitrogens with one attached hydrogen (secondary N) is 2. The topological polar surface area (TPSA) is 55.9 Å². The van der Waals surface area contributed by atoms with Gasteiger partial charge in [0.1, 0.15) is 13.1 Å². The van der Waals surface area contributed by atoms with Crippen LogP contribution in [0.4, 0.5) is 0 Å². The number of amides is 1. The van der Waals surface area contributed by atoms with Crippen molar-refractivity contribution in [1.82, 2.24) is 5.32 Å². The number of furan rings is 1. The monoisotopic (exact) mass is 307 g/mol. The second kappa shape index (κ2) is 6.89. The van der Waals surface area contributed by atoms with Crippen molar-refractivity contribution < 1.29 is 18.8 Å². The lowest BCUT2D eigenvalue weighted by molar-refractivity contribution is -0.938. The molecule has 1 atom stereocenters. The molecule has 0 aromatic carbocycles. The molecule has 1 aliphatic rings. The van der Waals surface area contributed by atoms with Crippen LogP contribution >= 0.6 is 11.3 Å². The van der Waals surface area contributed by atoms with Crippen LogP contribution in [0.2, 0.25) is 0 Å². The Balaban J connectivity index is 1.66. The lowest BCUT2D eigenvalue weighted by Gasteiger charge is -2.30. The second-order valence-corrected chi connectivity index (χ2v) is 5.97. The second-order valence-electron chi connectivity index (χ2n) is 5.03. The molecule has 2 aromatic heterocycles. The highest BCUT2D eigenvalue weighted by atomic mass is 32.1. The molecule has 0 spiro atoms. The van der Waals surface area contributed by atoms with Crippen molar-refractivity contribution in [2.45, 2.75) is 6.04 Å². The van der Waals surface area contributed by atoms with Gasteiger partial charge in [0.15, 0.2) is 11.8 Å². The smallest absolute Gasteiger partial charge is 0.261 e. The summed E-state index contributed by atoms with van der Waals surface area (Å²) < 4.78 is 11.0. The maximum absolute atomic E-state index is 12.1. The molecule has 0 radical (unpaired) electrons. The molecular formula is C15H19N2O3S+. The van der Waals surface area contributed by atoms with Gasteiger partial charge in [-0.3, -0.25) is 4.79 Å². The summed E-state index contributed by atoms with van der Waals surface area (Å²) in [6.45, 7) is 3.94. The van der Waals surface area contributed by atoms with E-state index in [1.807, 2.05) is 29.6 Å². The van der Waals surface area contributed by atoms with E-state index in [1.165, 1.54) is 16.2 Å². The van der Waals surface area contributed by atoms with Crippen LogP contribution in [-0.2, 0) is 4.74 Å². The molecule has 2 N–H and O–H groups in total. The third-order valence-electron chi connectivity index (χ3n) is 3.73. The van der Waals surface area contributed by atoms with E-state index in [4.69, 9.17) is 9.15 Å². The highest BCUT2D eigenvalue weighted by Gasteiger charge is 2.29. The third kappa shape index (κ3) is 3.53. The van der Waals surface area contributed by atoms with Crippen LogP contribution < -0.4 is 10.2 Å². The van der Waals surface area contributed by atoms with Crippen molar-refractivity contribution >= 4 is 17.2 Å². The minimum absolute atomic E-state index is 0.0192. The molecule has 112 valence electrons. The molecule has 1 amide bonds. The Hall–Kier alpha value is -1.63.